The summed E-state index contributed by atoms with van der Waals surface area (Å²) in [5, 5.41) is 0. The van der Waals surface area contributed by atoms with Gasteiger partial charge in [0.1, 0.15) is 0 Å². The van der Waals surface area contributed by atoms with Gasteiger partial charge in [0.05, 0.1) is 7.11 Å². The van der Waals surface area contributed by atoms with Crippen LogP contribution in [0.25, 0.3) is 0 Å². The molecular formula is C17H17NO4S. The van der Waals surface area contributed by atoms with Crippen LogP contribution in [-0.2, 0) is 11.3 Å². The first-order valence-corrected chi connectivity index (χ1v) is 8.27. The number of methoxy groups -OCH3 is 1. The Balaban J connectivity index is 1.85. The summed E-state index contributed by atoms with van der Waals surface area (Å²) < 4.78 is 10.1. The molecule has 0 atom stereocenters. The molecule has 0 spiro atoms. The second kappa shape index (κ2) is 6.50. The van der Waals surface area contributed by atoms with E-state index in [9.17, 15) is 9.59 Å². The van der Waals surface area contributed by atoms with Crippen molar-refractivity contribution in [1.29, 1.82) is 0 Å². The third kappa shape index (κ3) is 3.12. The van der Waals surface area contributed by atoms with Crippen molar-refractivity contribution in [3.8, 4) is 0 Å². The summed E-state index contributed by atoms with van der Waals surface area (Å²) in [7, 11) is 1.29. The van der Waals surface area contributed by atoms with E-state index in [0.29, 0.717) is 18.7 Å². The number of fused-ring (bicyclic) bond motifs is 1. The minimum atomic E-state index is -0.571. The number of hydrogen-bond donors (Lipinski definition) is 0. The van der Waals surface area contributed by atoms with E-state index in [1.807, 2.05) is 18.2 Å². The van der Waals surface area contributed by atoms with Crippen LogP contribution < -0.4 is 0 Å². The molecule has 1 aromatic heterocycles. The summed E-state index contributed by atoms with van der Waals surface area (Å²) in [6, 6.07) is 9.67. The zero-order chi connectivity index (χ0) is 16.4. The first kappa shape index (κ1) is 15.7. The van der Waals surface area contributed by atoms with Gasteiger partial charge in [-0.25, -0.2) is 4.79 Å². The van der Waals surface area contributed by atoms with Gasteiger partial charge in [0.2, 0.25) is 5.76 Å². The third-order valence-electron chi connectivity index (χ3n) is 3.74. The molecule has 0 fully saturated rings. The van der Waals surface area contributed by atoms with Crippen LogP contribution in [0.15, 0.2) is 39.6 Å². The Kier molecular flexibility index (Phi) is 4.43. The Hall–Kier alpha value is -2.21. The van der Waals surface area contributed by atoms with Crippen molar-refractivity contribution in [2.45, 2.75) is 18.4 Å². The van der Waals surface area contributed by atoms with Crippen LogP contribution in [0.5, 0.6) is 0 Å². The van der Waals surface area contributed by atoms with Gasteiger partial charge in [0, 0.05) is 29.3 Å². The van der Waals surface area contributed by atoms with Crippen LogP contribution in [0.4, 0.5) is 0 Å². The number of carbonyl (C=O) groups excluding carboxylic acids is 2. The lowest BCUT2D eigenvalue weighted by Crippen LogP contribution is -2.31. The fourth-order valence-electron chi connectivity index (χ4n) is 2.54. The number of amides is 1. The highest BCUT2D eigenvalue weighted by molar-refractivity contribution is 7.99. The summed E-state index contributed by atoms with van der Waals surface area (Å²) in [6.45, 7) is 2.89. The molecule has 0 N–H and O–H groups in total. The number of nitrogens with zero attached hydrogens (tertiary/aromatic N) is 1. The van der Waals surface area contributed by atoms with Gasteiger partial charge in [-0.05, 0) is 24.6 Å². The van der Waals surface area contributed by atoms with E-state index in [1.54, 1.807) is 29.7 Å². The Labute approximate surface area is 138 Å². The molecule has 1 aliphatic rings. The molecule has 23 heavy (non-hydrogen) atoms. The van der Waals surface area contributed by atoms with E-state index in [0.717, 1.165) is 11.3 Å². The van der Waals surface area contributed by atoms with E-state index >= 15 is 0 Å². The zero-order valence-corrected chi connectivity index (χ0v) is 13.8. The topological polar surface area (TPSA) is 59.8 Å². The number of benzene rings is 1. The maximum atomic E-state index is 12.7. The minimum absolute atomic E-state index is 0.0837. The first-order chi connectivity index (χ1) is 11.1. The molecule has 1 aromatic carbocycles. The summed E-state index contributed by atoms with van der Waals surface area (Å²) in [5.41, 5.74) is 1.73. The molecule has 1 amide bonds. The van der Waals surface area contributed by atoms with E-state index in [4.69, 9.17) is 4.42 Å². The monoisotopic (exact) mass is 331 g/mol. The fraction of sp³-hybridized carbons (Fsp3) is 0.294. The first-order valence-electron chi connectivity index (χ1n) is 7.29. The molecule has 2 aromatic rings. The number of ether oxygens (including phenoxy) is 1. The van der Waals surface area contributed by atoms with Crippen molar-refractivity contribution in [3.63, 3.8) is 0 Å². The van der Waals surface area contributed by atoms with Crippen molar-refractivity contribution < 1.29 is 18.7 Å². The number of hydrogen-bond acceptors (Lipinski definition) is 5. The van der Waals surface area contributed by atoms with Gasteiger partial charge >= 0.3 is 5.97 Å². The average Bonchev–Trinajstić information content (AvgIpc) is 2.82. The fourth-order valence-corrected chi connectivity index (χ4v) is 3.56. The van der Waals surface area contributed by atoms with E-state index in [-0.39, 0.29) is 17.4 Å². The van der Waals surface area contributed by atoms with Crippen LogP contribution in [0, 0.1) is 6.92 Å². The summed E-state index contributed by atoms with van der Waals surface area (Å²) in [4.78, 5) is 27.3. The molecule has 1 aliphatic heterocycles. The molecule has 0 saturated heterocycles. The Morgan fingerprint density at radius 1 is 1.30 bits per heavy atom. The Morgan fingerprint density at radius 2 is 2.09 bits per heavy atom. The van der Waals surface area contributed by atoms with Gasteiger partial charge in [0.25, 0.3) is 5.91 Å². The molecule has 0 aliphatic carbocycles. The van der Waals surface area contributed by atoms with E-state index in [1.165, 1.54) is 12.0 Å². The lowest BCUT2D eigenvalue weighted by atomic mass is 10.2. The molecule has 2 heterocycles. The smallest absolute Gasteiger partial charge is 0.374 e. The lowest BCUT2D eigenvalue weighted by molar-refractivity contribution is 0.0557. The number of rotatable bonds is 2. The molecule has 0 radical (unpaired) electrons. The second-order valence-electron chi connectivity index (χ2n) is 5.30. The maximum Gasteiger partial charge on any atom is 0.374 e. The highest BCUT2D eigenvalue weighted by Crippen LogP contribution is 2.28. The number of aryl methyl sites for hydroxylation is 1. The molecule has 0 unspecified atom stereocenters. The average molecular weight is 331 g/mol. The molecule has 0 bridgehead atoms. The van der Waals surface area contributed by atoms with Gasteiger partial charge in [-0.3, -0.25) is 4.79 Å². The predicted molar refractivity (Wildman–Crippen MR) is 86.7 cm³/mol. The second-order valence-corrected chi connectivity index (χ2v) is 6.43. The normalized spacial score (nSPS) is 14.1. The molecule has 6 heteroatoms. The standard InChI is InChI=1S/C17H17NO4S/c1-11-9-13(22-15(11)17(20)21-2)16(19)18-7-8-23-14-6-4-3-5-12(14)10-18/h3-6,9H,7-8,10H2,1-2H3. The van der Waals surface area contributed by atoms with Crippen LogP contribution in [0.2, 0.25) is 0 Å². The molecule has 3 rings (SSSR count). The van der Waals surface area contributed by atoms with Gasteiger partial charge in [0.15, 0.2) is 5.76 Å². The summed E-state index contributed by atoms with van der Waals surface area (Å²) in [5.74, 6) is 0.304. The van der Waals surface area contributed by atoms with Crippen LogP contribution in [0.1, 0.15) is 32.2 Å². The molecule has 0 saturated carbocycles. The number of furan rings is 1. The van der Waals surface area contributed by atoms with Gasteiger partial charge in [-0.2, -0.15) is 0 Å². The van der Waals surface area contributed by atoms with Gasteiger partial charge < -0.3 is 14.1 Å². The molecule has 120 valence electrons. The Bertz CT molecular complexity index is 753. The van der Waals surface area contributed by atoms with E-state index in [2.05, 4.69) is 10.8 Å². The largest absolute Gasteiger partial charge is 0.463 e. The highest BCUT2D eigenvalue weighted by Gasteiger charge is 2.25. The highest BCUT2D eigenvalue weighted by atomic mass is 32.2. The predicted octanol–water partition coefficient (Wildman–Crippen LogP) is 3.12. The van der Waals surface area contributed by atoms with Crippen LogP contribution >= 0.6 is 11.8 Å². The summed E-state index contributed by atoms with van der Waals surface area (Å²) >= 11 is 1.74. The quantitative estimate of drug-likeness (QED) is 0.791. The number of carbonyl (C=O) groups is 2. The minimum Gasteiger partial charge on any atom is -0.463 e. The number of esters is 1. The van der Waals surface area contributed by atoms with Crippen molar-refractivity contribution >= 4 is 23.6 Å². The van der Waals surface area contributed by atoms with Crippen LogP contribution in [-0.4, -0.2) is 36.2 Å². The maximum absolute atomic E-state index is 12.7. The van der Waals surface area contributed by atoms with Crippen molar-refractivity contribution in [2.24, 2.45) is 0 Å². The SMILES string of the molecule is COC(=O)c1oc(C(=O)N2CCSc3ccccc3C2)cc1C. The summed E-state index contributed by atoms with van der Waals surface area (Å²) in [6.07, 6.45) is 0. The molecule has 5 nitrogen and oxygen atoms in total. The lowest BCUT2D eigenvalue weighted by Gasteiger charge is -2.19. The van der Waals surface area contributed by atoms with E-state index < -0.39 is 5.97 Å². The van der Waals surface area contributed by atoms with Crippen molar-refractivity contribution in [2.75, 3.05) is 19.4 Å². The van der Waals surface area contributed by atoms with Crippen molar-refractivity contribution in [1.82, 2.24) is 4.90 Å². The zero-order valence-electron chi connectivity index (χ0n) is 13.0. The molecular weight excluding hydrogens is 314 g/mol. The van der Waals surface area contributed by atoms with Crippen LogP contribution in [0.3, 0.4) is 0 Å². The van der Waals surface area contributed by atoms with Crippen molar-refractivity contribution in [3.05, 3.63) is 53.0 Å². The number of thioether (sulfide) groups is 1. The third-order valence-corrected chi connectivity index (χ3v) is 4.84. The Morgan fingerprint density at radius 3 is 2.87 bits per heavy atom. The van der Waals surface area contributed by atoms with Gasteiger partial charge in [-0.1, -0.05) is 18.2 Å². The van der Waals surface area contributed by atoms with Gasteiger partial charge in [-0.15, -0.1) is 11.8 Å².